The van der Waals surface area contributed by atoms with Gasteiger partial charge in [0.25, 0.3) is 5.91 Å². The number of benzene rings is 1. The molecule has 2 rings (SSSR count). The molecule has 0 aliphatic carbocycles. The van der Waals surface area contributed by atoms with Gasteiger partial charge in [0.05, 0.1) is 12.7 Å². The van der Waals surface area contributed by atoms with Crippen molar-refractivity contribution in [1.82, 2.24) is 10.2 Å². The van der Waals surface area contributed by atoms with Crippen LogP contribution in [-0.2, 0) is 9.53 Å². The Hall–Kier alpha value is -1.88. The van der Waals surface area contributed by atoms with Gasteiger partial charge < -0.3 is 15.0 Å². The highest BCUT2D eigenvalue weighted by Gasteiger charge is 2.27. The van der Waals surface area contributed by atoms with Crippen molar-refractivity contribution >= 4 is 11.8 Å². The van der Waals surface area contributed by atoms with E-state index in [1.807, 2.05) is 49.1 Å². The molecule has 0 spiro atoms. The van der Waals surface area contributed by atoms with Gasteiger partial charge in [0, 0.05) is 31.1 Å². The summed E-state index contributed by atoms with van der Waals surface area (Å²) in [6.07, 6.45) is 1.62. The summed E-state index contributed by atoms with van der Waals surface area (Å²) in [5.41, 5.74) is 0.709. The molecule has 0 saturated carbocycles. The van der Waals surface area contributed by atoms with E-state index in [2.05, 4.69) is 5.32 Å². The Balaban J connectivity index is 1.73. The average molecular weight is 318 g/mol. The molecule has 0 bridgehead atoms. The number of carbonyl (C=O) groups is 2. The van der Waals surface area contributed by atoms with Crippen LogP contribution in [0.2, 0.25) is 0 Å². The van der Waals surface area contributed by atoms with Crippen molar-refractivity contribution in [3.8, 4) is 0 Å². The van der Waals surface area contributed by atoms with E-state index in [9.17, 15) is 9.59 Å². The van der Waals surface area contributed by atoms with E-state index in [0.29, 0.717) is 31.8 Å². The van der Waals surface area contributed by atoms with E-state index in [4.69, 9.17) is 4.74 Å². The first-order valence-corrected chi connectivity index (χ1v) is 8.31. The van der Waals surface area contributed by atoms with E-state index in [1.165, 1.54) is 0 Å². The number of nitrogens with one attached hydrogen (secondary N) is 1. The summed E-state index contributed by atoms with van der Waals surface area (Å²) >= 11 is 0. The van der Waals surface area contributed by atoms with E-state index in [1.54, 1.807) is 0 Å². The lowest BCUT2D eigenvalue weighted by Crippen LogP contribution is -2.43. The maximum absolute atomic E-state index is 12.4. The zero-order valence-electron chi connectivity index (χ0n) is 14.0. The predicted molar refractivity (Wildman–Crippen MR) is 89.2 cm³/mol. The minimum Gasteiger partial charge on any atom is -0.377 e. The van der Waals surface area contributed by atoms with Crippen molar-refractivity contribution in [3.05, 3.63) is 35.9 Å². The van der Waals surface area contributed by atoms with Crippen LogP contribution >= 0.6 is 0 Å². The lowest BCUT2D eigenvalue weighted by atomic mass is 9.95. The second kappa shape index (κ2) is 8.67. The Morgan fingerprint density at radius 2 is 1.87 bits per heavy atom. The summed E-state index contributed by atoms with van der Waals surface area (Å²) < 4.78 is 5.41. The van der Waals surface area contributed by atoms with Gasteiger partial charge in [-0.15, -0.1) is 0 Å². The normalized spacial score (nSPS) is 15.7. The molecule has 2 amide bonds. The minimum absolute atomic E-state index is 0.00567. The molecule has 5 nitrogen and oxygen atoms in total. The maximum atomic E-state index is 12.4. The summed E-state index contributed by atoms with van der Waals surface area (Å²) in [4.78, 5) is 26.3. The van der Waals surface area contributed by atoms with Gasteiger partial charge >= 0.3 is 0 Å². The number of amides is 2. The number of likely N-dealkylation sites (tertiary alicyclic amines) is 1. The monoisotopic (exact) mass is 318 g/mol. The largest absolute Gasteiger partial charge is 0.377 e. The van der Waals surface area contributed by atoms with E-state index in [-0.39, 0.29) is 23.8 Å². The van der Waals surface area contributed by atoms with Gasteiger partial charge in [0.2, 0.25) is 5.91 Å². The van der Waals surface area contributed by atoms with Gasteiger partial charge in [-0.25, -0.2) is 0 Å². The highest BCUT2D eigenvalue weighted by molar-refractivity contribution is 5.94. The molecular weight excluding hydrogens is 292 g/mol. The number of ether oxygens (including phenoxy) is 1. The Labute approximate surface area is 138 Å². The van der Waals surface area contributed by atoms with Crippen LogP contribution in [0.25, 0.3) is 0 Å². The van der Waals surface area contributed by atoms with Crippen LogP contribution in [0.1, 0.15) is 37.0 Å². The Morgan fingerprint density at radius 3 is 2.48 bits per heavy atom. The van der Waals surface area contributed by atoms with Crippen LogP contribution < -0.4 is 5.32 Å². The second-order valence-electron chi connectivity index (χ2n) is 6.14. The predicted octanol–water partition coefficient (Wildman–Crippen LogP) is 2.08. The highest BCUT2D eigenvalue weighted by atomic mass is 16.5. The van der Waals surface area contributed by atoms with Gasteiger partial charge in [-0.05, 0) is 38.8 Å². The maximum Gasteiger partial charge on any atom is 0.253 e. The van der Waals surface area contributed by atoms with Crippen molar-refractivity contribution in [3.63, 3.8) is 0 Å². The van der Waals surface area contributed by atoms with Crippen molar-refractivity contribution in [2.45, 2.75) is 32.8 Å². The Morgan fingerprint density at radius 1 is 1.22 bits per heavy atom. The molecule has 0 unspecified atom stereocenters. The number of hydrogen-bond acceptors (Lipinski definition) is 3. The van der Waals surface area contributed by atoms with Crippen LogP contribution in [0.4, 0.5) is 0 Å². The molecule has 1 aliphatic rings. The molecule has 23 heavy (non-hydrogen) atoms. The third-order valence-electron chi connectivity index (χ3n) is 4.03. The molecule has 0 radical (unpaired) electrons. The fourth-order valence-electron chi connectivity index (χ4n) is 2.72. The fourth-order valence-corrected chi connectivity index (χ4v) is 2.72. The summed E-state index contributed by atoms with van der Waals surface area (Å²) in [6, 6.07) is 9.29. The lowest BCUT2D eigenvalue weighted by Gasteiger charge is -2.31. The van der Waals surface area contributed by atoms with Crippen LogP contribution in [-0.4, -0.2) is 49.1 Å². The third-order valence-corrected chi connectivity index (χ3v) is 4.03. The van der Waals surface area contributed by atoms with Crippen molar-refractivity contribution < 1.29 is 14.3 Å². The highest BCUT2D eigenvalue weighted by Crippen LogP contribution is 2.19. The average Bonchev–Trinajstić information content (AvgIpc) is 2.58. The minimum atomic E-state index is -0.00567. The van der Waals surface area contributed by atoms with Gasteiger partial charge in [-0.1, -0.05) is 18.2 Å². The lowest BCUT2D eigenvalue weighted by molar-refractivity contribution is -0.126. The zero-order chi connectivity index (χ0) is 16.7. The quantitative estimate of drug-likeness (QED) is 0.817. The van der Waals surface area contributed by atoms with Gasteiger partial charge in [-0.2, -0.15) is 0 Å². The van der Waals surface area contributed by atoms with E-state index >= 15 is 0 Å². The van der Waals surface area contributed by atoms with Crippen LogP contribution in [0.15, 0.2) is 30.3 Å². The molecule has 0 aromatic heterocycles. The van der Waals surface area contributed by atoms with Gasteiger partial charge in [0.15, 0.2) is 0 Å². The molecule has 1 saturated heterocycles. The van der Waals surface area contributed by atoms with Crippen LogP contribution in [0.3, 0.4) is 0 Å². The zero-order valence-corrected chi connectivity index (χ0v) is 14.0. The van der Waals surface area contributed by atoms with Gasteiger partial charge in [-0.3, -0.25) is 9.59 Å². The number of rotatable bonds is 6. The van der Waals surface area contributed by atoms with Gasteiger partial charge in [0.1, 0.15) is 0 Å². The van der Waals surface area contributed by atoms with Crippen molar-refractivity contribution in [2.24, 2.45) is 5.92 Å². The molecule has 126 valence electrons. The molecule has 0 atom stereocenters. The van der Waals surface area contributed by atoms with Crippen molar-refractivity contribution in [1.29, 1.82) is 0 Å². The third kappa shape index (κ3) is 5.36. The Kier molecular flexibility index (Phi) is 6.59. The fraction of sp³-hybridized carbons (Fsp3) is 0.556. The molecule has 5 heteroatoms. The summed E-state index contributed by atoms with van der Waals surface area (Å²) in [6.45, 7) is 6.29. The molecular formula is C18H26N2O3. The smallest absolute Gasteiger partial charge is 0.253 e. The molecule has 1 aromatic rings. The first kappa shape index (κ1) is 17.5. The summed E-state index contributed by atoms with van der Waals surface area (Å²) in [5, 5.41) is 2.92. The van der Waals surface area contributed by atoms with E-state index in [0.717, 1.165) is 12.8 Å². The van der Waals surface area contributed by atoms with Crippen LogP contribution in [0.5, 0.6) is 0 Å². The number of nitrogens with zero attached hydrogens (tertiary/aromatic N) is 1. The van der Waals surface area contributed by atoms with Crippen molar-refractivity contribution in [2.75, 3.05) is 26.2 Å². The molecule has 1 fully saturated rings. The first-order chi connectivity index (χ1) is 11.1. The molecule has 1 N–H and O–H groups in total. The molecule has 1 aromatic carbocycles. The SMILES string of the molecule is CC(C)OCCNC(=O)C1CCN(C(=O)c2ccccc2)CC1. The topological polar surface area (TPSA) is 58.6 Å². The summed E-state index contributed by atoms with van der Waals surface area (Å²) in [7, 11) is 0. The standard InChI is InChI=1S/C18H26N2O3/c1-14(2)23-13-10-19-17(21)15-8-11-20(12-9-15)18(22)16-6-4-3-5-7-16/h3-7,14-15H,8-13H2,1-2H3,(H,19,21). The molecule has 1 aliphatic heterocycles. The Bertz CT molecular complexity index is 508. The van der Waals surface area contributed by atoms with E-state index < -0.39 is 0 Å². The number of hydrogen-bond donors (Lipinski definition) is 1. The van der Waals surface area contributed by atoms with Crippen LogP contribution in [0, 0.1) is 5.92 Å². The number of piperidine rings is 1. The second-order valence-corrected chi connectivity index (χ2v) is 6.14. The summed E-state index contributed by atoms with van der Waals surface area (Å²) in [5.74, 6) is 0.118. The first-order valence-electron chi connectivity index (χ1n) is 8.31. The molecule has 1 heterocycles. The number of carbonyl (C=O) groups excluding carboxylic acids is 2.